The van der Waals surface area contributed by atoms with Gasteiger partial charge in [-0.1, -0.05) is 0 Å². The van der Waals surface area contributed by atoms with Crippen LogP contribution in [-0.4, -0.2) is 28.3 Å². The Morgan fingerprint density at radius 1 is 1.56 bits per heavy atom. The molecule has 1 unspecified atom stereocenters. The standard InChI is InChI=1S/C11H20N4O/c1-7(5-6-12)13-11(16)10-8(2)14-15(4)9(10)3/h7H,5-6,12H2,1-4H3,(H,13,16). The second-order valence-electron chi connectivity index (χ2n) is 4.12. The number of carbonyl (C=O) groups is 1. The molecular weight excluding hydrogens is 204 g/mol. The van der Waals surface area contributed by atoms with E-state index in [0.29, 0.717) is 12.1 Å². The van der Waals surface area contributed by atoms with Crippen molar-refractivity contribution in [2.45, 2.75) is 33.2 Å². The van der Waals surface area contributed by atoms with Gasteiger partial charge in [0.25, 0.3) is 5.91 Å². The number of aryl methyl sites for hydroxylation is 2. The van der Waals surface area contributed by atoms with E-state index in [1.807, 2.05) is 27.8 Å². The summed E-state index contributed by atoms with van der Waals surface area (Å²) in [6.45, 7) is 6.26. The zero-order valence-electron chi connectivity index (χ0n) is 10.4. The molecule has 0 fully saturated rings. The third-order valence-corrected chi connectivity index (χ3v) is 2.71. The minimum atomic E-state index is -0.0657. The molecule has 0 aromatic carbocycles. The maximum absolute atomic E-state index is 12.0. The molecule has 1 aromatic heterocycles. The van der Waals surface area contributed by atoms with E-state index in [4.69, 9.17) is 5.73 Å². The summed E-state index contributed by atoms with van der Waals surface area (Å²) in [6, 6.07) is 0.0940. The summed E-state index contributed by atoms with van der Waals surface area (Å²) < 4.78 is 1.72. The van der Waals surface area contributed by atoms with E-state index in [9.17, 15) is 4.79 Å². The fourth-order valence-corrected chi connectivity index (χ4v) is 1.72. The van der Waals surface area contributed by atoms with Crippen molar-refractivity contribution in [1.29, 1.82) is 0 Å². The first-order chi connectivity index (χ1) is 7.47. The summed E-state index contributed by atoms with van der Waals surface area (Å²) in [5.74, 6) is -0.0657. The van der Waals surface area contributed by atoms with Gasteiger partial charge in [-0.05, 0) is 33.7 Å². The average molecular weight is 224 g/mol. The lowest BCUT2D eigenvalue weighted by atomic mass is 10.1. The van der Waals surface area contributed by atoms with Crippen LogP contribution >= 0.6 is 0 Å². The van der Waals surface area contributed by atoms with Crippen LogP contribution in [0.15, 0.2) is 0 Å². The average Bonchev–Trinajstić information content (AvgIpc) is 2.41. The van der Waals surface area contributed by atoms with Crippen LogP contribution < -0.4 is 11.1 Å². The lowest BCUT2D eigenvalue weighted by Crippen LogP contribution is -2.34. The minimum Gasteiger partial charge on any atom is -0.349 e. The molecule has 0 saturated carbocycles. The molecule has 5 heteroatoms. The topological polar surface area (TPSA) is 72.9 Å². The molecule has 0 aliphatic carbocycles. The van der Waals surface area contributed by atoms with E-state index in [0.717, 1.165) is 17.8 Å². The number of hydrogen-bond donors (Lipinski definition) is 2. The van der Waals surface area contributed by atoms with Gasteiger partial charge < -0.3 is 11.1 Å². The Kier molecular flexibility index (Phi) is 4.06. The maximum atomic E-state index is 12.0. The summed E-state index contributed by atoms with van der Waals surface area (Å²) in [4.78, 5) is 12.0. The number of amides is 1. The van der Waals surface area contributed by atoms with Gasteiger partial charge in [-0.3, -0.25) is 9.48 Å². The number of aromatic nitrogens is 2. The number of rotatable bonds is 4. The third-order valence-electron chi connectivity index (χ3n) is 2.71. The van der Waals surface area contributed by atoms with Gasteiger partial charge in [0.05, 0.1) is 11.3 Å². The Hall–Kier alpha value is -1.36. The van der Waals surface area contributed by atoms with Crippen LogP contribution in [0.4, 0.5) is 0 Å². The van der Waals surface area contributed by atoms with E-state index in [-0.39, 0.29) is 11.9 Å². The SMILES string of the molecule is Cc1nn(C)c(C)c1C(=O)NC(C)CCN. The van der Waals surface area contributed by atoms with Gasteiger partial charge in [0.15, 0.2) is 0 Å². The summed E-state index contributed by atoms with van der Waals surface area (Å²) in [7, 11) is 1.84. The second kappa shape index (κ2) is 5.12. The zero-order chi connectivity index (χ0) is 12.3. The van der Waals surface area contributed by atoms with Crippen LogP contribution in [0.5, 0.6) is 0 Å². The largest absolute Gasteiger partial charge is 0.349 e. The van der Waals surface area contributed by atoms with Crippen molar-refractivity contribution in [3.05, 3.63) is 17.0 Å². The summed E-state index contributed by atoms with van der Waals surface area (Å²) in [5.41, 5.74) is 7.76. The molecule has 1 amide bonds. The predicted molar refractivity (Wildman–Crippen MR) is 63.3 cm³/mol. The van der Waals surface area contributed by atoms with Crippen molar-refractivity contribution >= 4 is 5.91 Å². The monoisotopic (exact) mass is 224 g/mol. The maximum Gasteiger partial charge on any atom is 0.255 e. The fraction of sp³-hybridized carbons (Fsp3) is 0.636. The van der Waals surface area contributed by atoms with E-state index in [1.54, 1.807) is 4.68 Å². The molecule has 3 N–H and O–H groups in total. The molecular formula is C11H20N4O. The normalized spacial score (nSPS) is 12.6. The molecule has 1 atom stereocenters. The summed E-state index contributed by atoms with van der Waals surface area (Å²) >= 11 is 0. The molecule has 16 heavy (non-hydrogen) atoms. The number of nitrogens with two attached hydrogens (primary N) is 1. The highest BCUT2D eigenvalue weighted by Crippen LogP contribution is 2.11. The first kappa shape index (κ1) is 12.7. The van der Waals surface area contributed by atoms with Crippen molar-refractivity contribution in [2.24, 2.45) is 12.8 Å². The van der Waals surface area contributed by atoms with Crippen molar-refractivity contribution in [2.75, 3.05) is 6.54 Å². The first-order valence-corrected chi connectivity index (χ1v) is 5.48. The molecule has 90 valence electrons. The third kappa shape index (κ3) is 2.61. The highest BCUT2D eigenvalue weighted by Gasteiger charge is 2.18. The minimum absolute atomic E-state index is 0.0657. The first-order valence-electron chi connectivity index (χ1n) is 5.48. The summed E-state index contributed by atoms with van der Waals surface area (Å²) in [5, 5.41) is 7.14. The van der Waals surface area contributed by atoms with Crippen LogP contribution in [0, 0.1) is 13.8 Å². The smallest absolute Gasteiger partial charge is 0.255 e. The molecule has 0 spiro atoms. The van der Waals surface area contributed by atoms with Crippen molar-refractivity contribution < 1.29 is 4.79 Å². The van der Waals surface area contributed by atoms with Crippen molar-refractivity contribution in [1.82, 2.24) is 15.1 Å². The van der Waals surface area contributed by atoms with Gasteiger partial charge in [-0.15, -0.1) is 0 Å². The zero-order valence-corrected chi connectivity index (χ0v) is 10.4. The lowest BCUT2D eigenvalue weighted by molar-refractivity contribution is 0.0937. The van der Waals surface area contributed by atoms with Gasteiger partial charge in [0.2, 0.25) is 0 Å². The quantitative estimate of drug-likeness (QED) is 0.782. The van der Waals surface area contributed by atoms with E-state index in [1.165, 1.54) is 0 Å². The Balaban J connectivity index is 2.80. The van der Waals surface area contributed by atoms with Crippen LogP contribution in [0.1, 0.15) is 35.1 Å². The molecule has 0 saturated heterocycles. The molecule has 1 aromatic rings. The van der Waals surface area contributed by atoms with Crippen LogP contribution in [0.25, 0.3) is 0 Å². The number of nitrogens with zero attached hydrogens (tertiary/aromatic N) is 2. The molecule has 0 aliphatic rings. The highest BCUT2D eigenvalue weighted by molar-refractivity contribution is 5.96. The van der Waals surface area contributed by atoms with Gasteiger partial charge in [-0.25, -0.2) is 0 Å². The van der Waals surface area contributed by atoms with Crippen LogP contribution in [0.2, 0.25) is 0 Å². The number of nitrogens with one attached hydrogen (secondary N) is 1. The van der Waals surface area contributed by atoms with Crippen LogP contribution in [0.3, 0.4) is 0 Å². The Labute approximate surface area is 96.0 Å². The van der Waals surface area contributed by atoms with Crippen molar-refractivity contribution in [3.63, 3.8) is 0 Å². The van der Waals surface area contributed by atoms with Gasteiger partial charge in [0, 0.05) is 18.8 Å². The predicted octanol–water partition coefficient (Wildman–Crippen LogP) is 0.504. The fourth-order valence-electron chi connectivity index (χ4n) is 1.72. The Morgan fingerprint density at radius 3 is 2.62 bits per heavy atom. The lowest BCUT2D eigenvalue weighted by Gasteiger charge is -2.12. The van der Waals surface area contributed by atoms with Gasteiger partial charge >= 0.3 is 0 Å². The molecule has 5 nitrogen and oxygen atoms in total. The molecule has 0 aliphatic heterocycles. The van der Waals surface area contributed by atoms with E-state index in [2.05, 4.69) is 10.4 Å². The molecule has 1 rings (SSSR count). The molecule has 0 radical (unpaired) electrons. The van der Waals surface area contributed by atoms with Crippen LogP contribution in [-0.2, 0) is 7.05 Å². The Morgan fingerprint density at radius 2 is 2.19 bits per heavy atom. The van der Waals surface area contributed by atoms with E-state index >= 15 is 0 Å². The Bertz CT molecular complexity index is 384. The number of carbonyl (C=O) groups excluding carboxylic acids is 1. The van der Waals surface area contributed by atoms with Gasteiger partial charge in [-0.2, -0.15) is 5.10 Å². The second-order valence-corrected chi connectivity index (χ2v) is 4.12. The molecule has 1 heterocycles. The van der Waals surface area contributed by atoms with Gasteiger partial charge in [0.1, 0.15) is 0 Å². The summed E-state index contributed by atoms with van der Waals surface area (Å²) in [6.07, 6.45) is 0.782. The highest BCUT2D eigenvalue weighted by atomic mass is 16.1. The van der Waals surface area contributed by atoms with Crippen molar-refractivity contribution in [3.8, 4) is 0 Å². The number of hydrogen-bond acceptors (Lipinski definition) is 3. The van der Waals surface area contributed by atoms with E-state index < -0.39 is 0 Å². The molecule has 0 bridgehead atoms.